The number of ether oxygens (including phenoxy) is 1. The lowest BCUT2D eigenvalue weighted by Gasteiger charge is -2.26. The Morgan fingerprint density at radius 3 is 2.63 bits per heavy atom. The fourth-order valence-corrected chi connectivity index (χ4v) is 5.26. The first-order valence-corrected chi connectivity index (χ1v) is 11.4. The lowest BCUT2D eigenvalue weighted by Crippen LogP contribution is -2.40. The van der Waals surface area contributed by atoms with Gasteiger partial charge in [0, 0.05) is 37.6 Å². The Morgan fingerprint density at radius 2 is 1.90 bits per heavy atom. The van der Waals surface area contributed by atoms with Crippen molar-refractivity contribution in [3.8, 4) is 0 Å². The van der Waals surface area contributed by atoms with Crippen LogP contribution in [0.5, 0.6) is 0 Å². The first kappa shape index (κ1) is 20.8. The molecule has 7 nitrogen and oxygen atoms in total. The van der Waals surface area contributed by atoms with Crippen molar-refractivity contribution >= 4 is 27.3 Å². The molecule has 0 aliphatic carbocycles. The molecule has 2 heterocycles. The van der Waals surface area contributed by atoms with Gasteiger partial charge in [-0.3, -0.25) is 4.79 Å². The zero-order chi connectivity index (χ0) is 21.3. The molecule has 2 aromatic rings. The topological polar surface area (TPSA) is 79.0 Å². The molecule has 160 valence electrons. The van der Waals surface area contributed by atoms with Crippen molar-refractivity contribution in [3.63, 3.8) is 0 Å². The Hall–Kier alpha value is -2.49. The van der Waals surface area contributed by atoms with Crippen molar-refractivity contribution in [1.29, 1.82) is 0 Å². The average molecular weight is 434 g/mol. The van der Waals surface area contributed by atoms with Gasteiger partial charge >= 0.3 is 0 Å². The largest absolute Gasteiger partial charge is 0.379 e. The van der Waals surface area contributed by atoms with Gasteiger partial charge in [-0.05, 0) is 49.2 Å². The van der Waals surface area contributed by atoms with Crippen LogP contribution in [0.15, 0.2) is 41.3 Å². The number of benzene rings is 2. The number of amides is 1. The minimum absolute atomic E-state index is 0.109. The molecule has 30 heavy (non-hydrogen) atoms. The van der Waals surface area contributed by atoms with Gasteiger partial charge in [0.1, 0.15) is 5.82 Å². The third-order valence-corrected chi connectivity index (χ3v) is 7.40. The molecule has 0 aromatic heterocycles. The van der Waals surface area contributed by atoms with E-state index in [9.17, 15) is 17.6 Å². The van der Waals surface area contributed by atoms with Crippen LogP contribution in [0.2, 0.25) is 0 Å². The maximum absolute atomic E-state index is 14.4. The smallest absolute Gasteiger partial charge is 0.258 e. The molecule has 0 spiro atoms. The number of sulfonamides is 1. The normalized spacial score (nSPS) is 17.1. The van der Waals surface area contributed by atoms with Crippen LogP contribution in [0.25, 0.3) is 0 Å². The van der Waals surface area contributed by atoms with E-state index in [1.165, 1.54) is 15.9 Å². The minimum atomic E-state index is -3.83. The Morgan fingerprint density at radius 1 is 1.13 bits per heavy atom. The van der Waals surface area contributed by atoms with Gasteiger partial charge in [-0.25, -0.2) is 12.8 Å². The number of hydrogen-bond donors (Lipinski definition) is 1. The highest BCUT2D eigenvalue weighted by atomic mass is 32.2. The summed E-state index contributed by atoms with van der Waals surface area (Å²) in [5.41, 5.74) is 2.50. The number of halogens is 1. The fourth-order valence-electron chi connectivity index (χ4n) is 3.83. The molecule has 0 atom stereocenters. The predicted molar refractivity (Wildman–Crippen MR) is 112 cm³/mol. The standard InChI is InChI=1S/C21H24FN3O4S/c1-2-24-8-7-15-3-4-16(13-20(15)24)23-21(26)18-14-17(5-6-19(18)22)30(27,28)25-9-11-29-12-10-25/h3-6,13-14H,2,7-12H2,1H3,(H,23,26). The molecule has 4 rings (SSSR count). The summed E-state index contributed by atoms with van der Waals surface area (Å²) >= 11 is 0. The third kappa shape index (κ3) is 3.92. The number of fused-ring (bicyclic) bond motifs is 1. The van der Waals surface area contributed by atoms with Crippen LogP contribution in [0.4, 0.5) is 15.8 Å². The van der Waals surface area contributed by atoms with Crippen molar-refractivity contribution in [2.75, 3.05) is 49.6 Å². The van der Waals surface area contributed by atoms with Gasteiger partial charge in [0.2, 0.25) is 10.0 Å². The lowest BCUT2D eigenvalue weighted by atomic mass is 10.1. The number of rotatable bonds is 5. The van der Waals surface area contributed by atoms with Crippen LogP contribution in [-0.2, 0) is 21.2 Å². The fraction of sp³-hybridized carbons (Fsp3) is 0.381. The van der Waals surface area contributed by atoms with E-state index < -0.39 is 21.7 Å². The second kappa shape index (κ2) is 8.33. The number of carbonyl (C=O) groups is 1. The number of nitrogens with one attached hydrogen (secondary N) is 1. The van der Waals surface area contributed by atoms with Gasteiger partial charge in [0.15, 0.2) is 0 Å². The summed E-state index contributed by atoms with van der Waals surface area (Å²) in [6.45, 7) is 4.92. The molecule has 1 amide bonds. The van der Waals surface area contributed by atoms with Gasteiger partial charge in [-0.1, -0.05) is 6.07 Å². The van der Waals surface area contributed by atoms with Crippen LogP contribution < -0.4 is 10.2 Å². The molecule has 2 aromatic carbocycles. The summed E-state index contributed by atoms with van der Waals surface area (Å²) in [6.07, 6.45) is 0.952. The predicted octanol–water partition coefficient (Wildman–Crippen LogP) is 2.48. The molecule has 0 unspecified atom stereocenters. The van der Waals surface area contributed by atoms with Crippen molar-refractivity contribution in [3.05, 3.63) is 53.3 Å². The number of nitrogens with zero attached hydrogens (tertiary/aromatic N) is 2. The van der Waals surface area contributed by atoms with E-state index >= 15 is 0 Å². The van der Waals surface area contributed by atoms with E-state index in [-0.39, 0.29) is 23.5 Å². The van der Waals surface area contributed by atoms with E-state index in [4.69, 9.17) is 4.74 Å². The van der Waals surface area contributed by atoms with Crippen LogP contribution in [0.1, 0.15) is 22.8 Å². The molecule has 0 radical (unpaired) electrons. The van der Waals surface area contributed by atoms with Crippen LogP contribution in [0.3, 0.4) is 0 Å². The quantitative estimate of drug-likeness (QED) is 0.784. The maximum atomic E-state index is 14.4. The van der Waals surface area contributed by atoms with Gasteiger partial charge in [-0.15, -0.1) is 0 Å². The minimum Gasteiger partial charge on any atom is -0.379 e. The van der Waals surface area contributed by atoms with E-state index in [1.54, 1.807) is 6.07 Å². The summed E-state index contributed by atoms with van der Waals surface area (Å²) in [4.78, 5) is 14.8. The Balaban J connectivity index is 1.58. The van der Waals surface area contributed by atoms with Gasteiger partial charge in [-0.2, -0.15) is 4.31 Å². The number of hydrogen-bond acceptors (Lipinski definition) is 5. The Bertz CT molecular complexity index is 1070. The molecule has 9 heteroatoms. The SMILES string of the molecule is CCN1CCc2ccc(NC(=O)c3cc(S(=O)(=O)N4CCOCC4)ccc3F)cc21. The van der Waals surface area contributed by atoms with E-state index in [1.807, 2.05) is 12.1 Å². The highest BCUT2D eigenvalue weighted by molar-refractivity contribution is 7.89. The van der Waals surface area contributed by atoms with Crippen molar-refractivity contribution in [2.24, 2.45) is 0 Å². The van der Waals surface area contributed by atoms with Crippen molar-refractivity contribution in [1.82, 2.24) is 4.31 Å². The van der Waals surface area contributed by atoms with Crippen molar-refractivity contribution in [2.45, 2.75) is 18.2 Å². The summed E-state index contributed by atoms with van der Waals surface area (Å²) in [6, 6.07) is 8.91. The van der Waals surface area contributed by atoms with Crippen LogP contribution >= 0.6 is 0 Å². The zero-order valence-corrected chi connectivity index (χ0v) is 17.5. The molecule has 1 saturated heterocycles. The third-order valence-electron chi connectivity index (χ3n) is 5.51. The molecule has 1 fully saturated rings. The molecular formula is C21H24FN3O4S. The van der Waals surface area contributed by atoms with E-state index in [2.05, 4.69) is 17.1 Å². The molecule has 2 aliphatic rings. The van der Waals surface area contributed by atoms with Crippen molar-refractivity contribution < 1.29 is 22.3 Å². The number of carbonyl (C=O) groups excluding carboxylic acids is 1. The maximum Gasteiger partial charge on any atom is 0.258 e. The highest BCUT2D eigenvalue weighted by Crippen LogP contribution is 2.31. The van der Waals surface area contributed by atoms with Gasteiger partial charge in [0.05, 0.1) is 23.7 Å². The molecule has 1 N–H and O–H groups in total. The Labute approximate surface area is 175 Å². The van der Waals surface area contributed by atoms with Gasteiger partial charge < -0.3 is 15.0 Å². The summed E-state index contributed by atoms with van der Waals surface area (Å²) < 4.78 is 46.5. The number of anilines is 2. The summed E-state index contributed by atoms with van der Waals surface area (Å²) in [5.74, 6) is -1.46. The first-order valence-electron chi connectivity index (χ1n) is 9.97. The lowest BCUT2D eigenvalue weighted by molar-refractivity contribution is 0.0730. The summed E-state index contributed by atoms with van der Waals surface area (Å²) in [5, 5.41) is 2.70. The molecule has 0 bridgehead atoms. The van der Waals surface area contributed by atoms with E-state index in [0.717, 1.165) is 37.3 Å². The van der Waals surface area contributed by atoms with Gasteiger partial charge in [0.25, 0.3) is 5.91 Å². The second-order valence-corrected chi connectivity index (χ2v) is 9.22. The van der Waals surface area contributed by atoms with Crippen LogP contribution in [-0.4, -0.2) is 58.0 Å². The Kier molecular flexibility index (Phi) is 5.77. The monoisotopic (exact) mass is 433 g/mol. The summed E-state index contributed by atoms with van der Waals surface area (Å²) in [7, 11) is -3.83. The molecule has 0 saturated carbocycles. The highest BCUT2D eigenvalue weighted by Gasteiger charge is 2.28. The van der Waals surface area contributed by atoms with E-state index in [0.29, 0.717) is 18.9 Å². The zero-order valence-electron chi connectivity index (χ0n) is 16.7. The molecular weight excluding hydrogens is 409 g/mol. The van der Waals surface area contributed by atoms with Crippen LogP contribution in [0, 0.1) is 5.82 Å². The second-order valence-electron chi connectivity index (χ2n) is 7.29. The number of morpholine rings is 1. The average Bonchev–Trinajstić information content (AvgIpc) is 3.17. The number of likely N-dealkylation sites (N-methyl/N-ethyl adjacent to an activating group) is 1. The molecule has 2 aliphatic heterocycles. The first-order chi connectivity index (χ1) is 14.4.